The molecule has 0 saturated carbocycles. The first-order valence-corrected chi connectivity index (χ1v) is 8.62. The average Bonchev–Trinajstić information content (AvgIpc) is 2.70. The molecule has 0 saturated heterocycles. The zero-order valence-electron chi connectivity index (χ0n) is 14.8. The molecule has 3 rings (SSSR count). The summed E-state index contributed by atoms with van der Waals surface area (Å²) in [4.78, 5) is 22.3. The van der Waals surface area contributed by atoms with Crippen LogP contribution in [0.2, 0.25) is 5.02 Å². The minimum atomic E-state index is -1.82. The number of ether oxygens (including phenoxy) is 1. The molecule has 0 unspecified atom stereocenters. The summed E-state index contributed by atoms with van der Waals surface area (Å²) in [5.41, 5.74) is 4.38. The molecule has 0 aliphatic carbocycles. The van der Waals surface area contributed by atoms with E-state index in [-0.39, 0.29) is 0 Å². The molecule has 1 aromatic heterocycles. The van der Waals surface area contributed by atoms with Crippen molar-refractivity contribution < 1.29 is 24.5 Å². The zero-order chi connectivity index (χ0) is 20.4. The van der Waals surface area contributed by atoms with Gasteiger partial charge in [-0.1, -0.05) is 60.1 Å². The second kappa shape index (κ2) is 10.8. The number of aromatic nitrogens is 1. The summed E-state index contributed by atoms with van der Waals surface area (Å²) in [7, 11) is 0. The van der Waals surface area contributed by atoms with Crippen LogP contribution < -0.4 is 0 Å². The summed E-state index contributed by atoms with van der Waals surface area (Å²) in [6.07, 6.45) is 3.58. The van der Waals surface area contributed by atoms with E-state index in [1.807, 2.05) is 42.6 Å². The third-order valence-electron chi connectivity index (χ3n) is 3.58. The van der Waals surface area contributed by atoms with Crippen LogP contribution in [-0.4, -0.2) is 27.1 Å². The van der Waals surface area contributed by atoms with Gasteiger partial charge in [0, 0.05) is 23.0 Å². The lowest BCUT2D eigenvalue weighted by molar-refractivity contribution is -0.159. The lowest BCUT2D eigenvalue weighted by Crippen LogP contribution is -2.09. The molecule has 0 radical (unpaired) electrons. The molecule has 0 bridgehead atoms. The van der Waals surface area contributed by atoms with Gasteiger partial charge in [0.15, 0.2) is 0 Å². The molecule has 28 heavy (non-hydrogen) atoms. The number of rotatable bonds is 5. The Morgan fingerprint density at radius 1 is 0.857 bits per heavy atom. The van der Waals surface area contributed by atoms with Crippen molar-refractivity contribution in [2.45, 2.75) is 13.2 Å². The van der Waals surface area contributed by atoms with Crippen molar-refractivity contribution in [3.8, 4) is 11.1 Å². The van der Waals surface area contributed by atoms with E-state index in [4.69, 9.17) is 36.1 Å². The van der Waals surface area contributed by atoms with Gasteiger partial charge in [0.1, 0.15) is 0 Å². The number of hydrogen-bond donors (Lipinski definition) is 2. The maximum Gasteiger partial charge on any atom is 0.414 e. The molecule has 2 N–H and O–H groups in total. The summed E-state index contributed by atoms with van der Waals surface area (Å²) in [6.45, 7) is 1.15. The van der Waals surface area contributed by atoms with Gasteiger partial charge in [-0.15, -0.1) is 0 Å². The number of carboxylic acids is 2. The van der Waals surface area contributed by atoms with E-state index in [1.165, 1.54) is 0 Å². The first-order valence-electron chi connectivity index (χ1n) is 8.24. The monoisotopic (exact) mass is 399 g/mol. The van der Waals surface area contributed by atoms with Gasteiger partial charge in [-0.25, -0.2) is 9.59 Å². The minimum absolute atomic E-state index is 0.570. The van der Waals surface area contributed by atoms with Gasteiger partial charge < -0.3 is 14.9 Å². The van der Waals surface area contributed by atoms with Gasteiger partial charge in [0.05, 0.1) is 13.2 Å². The Balaban J connectivity index is 0.000000409. The SMILES string of the molecule is Clc1ccccc1-c1ccc(COCc2cccnc2)cc1.O=C(O)C(=O)O. The number of carbonyl (C=O) groups is 2. The van der Waals surface area contributed by atoms with Crippen molar-refractivity contribution in [2.75, 3.05) is 0 Å². The molecule has 6 nitrogen and oxygen atoms in total. The summed E-state index contributed by atoms with van der Waals surface area (Å²) in [5, 5.41) is 15.5. The third kappa shape index (κ3) is 6.83. The zero-order valence-corrected chi connectivity index (χ0v) is 15.5. The maximum absolute atomic E-state index is 9.10. The Morgan fingerprint density at radius 3 is 2.07 bits per heavy atom. The Labute approximate surface area is 167 Å². The molecule has 0 aliphatic rings. The van der Waals surface area contributed by atoms with Gasteiger partial charge in [-0.2, -0.15) is 0 Å². The largest absolute Gasteiger partial charge is 0.473 e. The van der Waals surface area contributed by atoms with E-state index in [2.05, 4.69) is 29.2 Å². The van der Waals surface area contributed by atoms with Crippen LogP contribution in [0.25, 0.3) is 11.1 Å². The number of halogens is 1. The van der Waals surface area contributed by atoms with E-state index in [0.717, 1.165) is 27.3 Å². The number of nitrogens with zero attached hydrogens (tertiary/aromatic N) is 1. The Morgan fingerprint density at radius 2 is 1.50 bits per heavy atom. The highest BCUT2D eigenvalue weighted by Gasteiger charge is 2.04. The fourth-order valence-corrected chi connectivity index (χ4v) is 2.49. The molecule has 1 heterocycles. The van der Waals surface area contributed by atoms with Gasteiger partial charge in [-0.3, -0.25) is 4.98 Å². The minimum Gasteiger partial charge on any atom is -0.473 e. The van der Waals surface area contributed by atoms with Crippen LogP contribution in [0.1, 0.15) is 11.1 Å². The van der Waals surface area contributed by atoms with E-state index in [1.54, 1.807) is 6.20 Å². The van der Waals surface area contributed by atoms with Crippen LogP contribution in [0.4, 0.5) is 0 Å². The van der Waals surface area contributed by atoms with Crippen molar-refractivity contribution in [3.63, 3.8) is 0 Å². The first-order chi connectivity index (χ1) is 13.5. The van der Waals surface area contributed by atoms with Crippen molar-refractivity contribution in [2.24, 2.45) is 0 Å². The molecule has 3 aromatic rings. The van der Waals surface area contributed by atoms with Crippen LogP contribution >= 0.6 is 11.6 Å². The maximum atomic E-state index is 9.10. The fraction of sp³-hybridized carbons (Fsp3) is 0.0952. The van der Waals surface area contributed by atoms with E-state index in [9.17, 15) is 0 Å². The molecule has 0 atom stereocenters. The fourth-order valence-electron chi connectivity index (χ4n) is 2.25. The van der Waals surface area contributed by atoms with Crippen molar-refractivity contribution in [1.29, 1.82) is 0 Å². The van der Waals surface area contributed by atoms with Crippen LogP contribution in [0.15, 0.2) is 73.1 Å². The van der Waals surface area contributed by atoms with Gasteiger partial charge >= 0.3 is 11.9 Å². The number of aliphatic carboxylic acids is 2. The third-order valence-corrected chi connectivity index (χ3v) is 3.91. The van der Waals surface area contributed by atoms with E-state index >= 15 is 0 Å². The number of benzene rings is 2. The van der Waals surface area contributed by atoms with Crippen LogP contribution in [0.3, 0.4) is 0 Å². The molecule has 2 aromatic carbocycles. The van der Waals surface area contributed by atoms with Crippen molar-refractivity contribution in [3.05, 3.63) is 89.2 Å². The van der Waals surface area contributed by atoms with E-state index in [0.29, 0.717) is 13.2 Å². The highest BCUT2D eigenvalue weighted by atomic mass is 35.5. The van der Waals surface area contributed by atoms with Crippen molar-refractivity contribution in [1.82, 2.24) is 4.98 Å². The predicted molar refractivity (Wildman–Crippen MR) is 105 cm³/mol. The Bertz CT molecular complexity index is 902. The standard InChI is InChI=1S/C19H16ClNO.C2H2O4/c20-19-6-2-1-5-18(19)17-9-7-15(8-10-17)13-22-14-16-4-3-11-21-12-16;3-1(4)2(5)6/h1-12H,13-14H2;(H,3,4)(H,5,6). The molecule has 0 aliphatic heterocycles. The van der Waals surface area contributed by atoms with Gasteiger partial charge in [0.2, 0.25) is 0 Å². The smallest absolute Gasteiger partial charge is 0.414 e. The Kier molecular flexibility index (Phi) is 8.14. The van der Waals surface area contributed by atoms with Gasteiger partial charge in [-0.05, 0) is 28.8 Å². The number of hydrogen-bond acceptors (Lipinski definition) is 4. The summed E-state index contributed by atoms with van der Waals surface area (Å²) >= 11 is 6.22. The lowest BCUT2D eigenvalue weighted by Gasteiger charge is -2.07. The molecular weight excluding hydrogens is 382 g/mol. The summed E-state index contributed by atoms with van der Waals surface area (Å²) in [5.74, 6) is -3.65. The molecule has 0 amide bonds. The highest BCUT2D eigenvalue weighted by Crippen LogP contribution is 2.27. The number of carboxylic acid groups (broad SMARTS) is 2. The molecule has 0 spiro atoms. The lowest BCUT2D eigenvalue weighted by atomic mass is 10.0. The van der Waals surface area contributed by atoms with Crippen LogP contribution in [-0.2, 0) is 27.5 Å². The van der Waals surface area contributed by atoms with Crippen molar-refractivity contribution >= 4 is 23.5 Å². The first kappa shape index (κ1) is 21.1. The molecule has 144 valence electrons. The summed E-state index contributed by atoms with van der Waals surface area (Å²) in [6, 6.07) is 20.1. The van der Waals surface area contributed by atoms with Gasteiger partial charge in [0.25, 0.3) is 0 Å². The molecule has 7 heteroatoms. The average molecular weight is 400 g/mol. The Hall–Kier alpha value is -3.22. The second-order valence-corrected chi connectivity index (χ2v) is 6.05. The van der Waals surface area contributed by atoms with Crippen LogP contribution in [0, 0.1) is 0 Å². The molecular formula is C21H18ClNO5. The topological polar surface area (TPSA) is 96.7 Å². The second-order valence-electron chi connectivity index (χ2n) is 5.64. The summed E-state index contributed by atoms with van der Waals surface area (Å²) < 4.78 is 5.71. The van der Waals surface area contributed by atoms with E-state index < -0.39 is 11.9 Å². The molecule has 0 fully saturated rings. The predicted octanol–water partition coefficient (Wildman–Crippen LogP) is 4.27. The quantitative estimate of drug-likeness (QED) is 0.622. The highest BCUT2D eigenvalue weighted by molar-refractivity contribution is 6.33. The van der Waals surface area contributed by atoms with Crippen LogP contribution in [0.5, 0.6) is 0 Å². The number of pyridine rings is 1. The normalized spacial score (nSPS) is 9.89.